The maximum atomic E-state index is 13.9. The van der Waals surface area contributed by atoms with Crippen LogP contribution in [0.15, 0.2) is 54.6 Å². The van der Waals surface area contributed by atoms with Crippen molar-refractivity contribution in [1.82, 2.24) is 9.88 Å². The van der Waals surface area contributed by atoms with Crippen LogP contribution in [0.25, 0.3) is 22.2 Å². The first-order valence-corrected chi connectivity index (χ1v) is 10.3. The van der Waals surface area contributed by atoms with Crippen molar-refractivity contribution in [3.8, 4) is 11.3 Å². The van der Waals surface area contributed by atoms with Gasteiger partial charge in [0.25, 0.3) is 5.91 Å². The molecule has 0 saturated carbocycles. The molecule has 3 nitrogen and oxygen atoms in total. The number of carbonyl (C=O) groups is 1. The Kier molecular flexibility index (Phi) is 6.13. The molecule has 0 aliphatic carbocycles. The van der Waals surface area contributed by atoms with E-state index in [1.54, 1.807) is 0 Å². The Morgan fingerprint density at radius 1 is 0.929 bits per heavy atom. The fourth-order valence-electron chi connectivity index (χ4n) is 3.82. The first-order valence-electron chi connectivity index (χ1n) is 10.3. The summed E-state index contributed by atoms with van der Waals surface area (Å²) in [6, 6.07) is 18.5. The minimum Gasteiger partial charge on any atom is -0.333 e. The molecule has 0 aliphatic rings. The highest BCUT2D eigenvalue weighted by Crippen LogP contribution is 2.31. The number of hydrogen-bond acceptors (Lipinski definition) is 2. The van der Waals surface area contributed by atoms with Crippen molar-refractivity contribution in [3.05, 3.63) is 65.7 Å². The van der Waals surface area contributed by atoms with Gasteiger partial charge in [0.15, 0.2) is 0 Å². The minimum atomic E-state index is 0.108. The number of para-hydroxylation sites is 1. The van der Waals surface area contributed by atoms with Gasteiger partial charge in [0.2, 0.25) is 0 Å². The third-order valence-corrected chi connectivity index (χ3v) is 5.76. The van der Waals surface area contributed by atoms with E-state index < -0.39 is 0 Å². The van der Waals surface area contributed by atoms with E-state index in [1.807, 2.05) is 49.4 Å². The van der Waals surface area contributed by atoms with Crippen molar-refractivity contribution in [2.24, 2.45) is 0 Å². The lowest BCUT2D eigenvalue weighted by Gasteiger charge is -2.35. The molecule has 0 fully saturated rings. The van der Waals surface area contributed by atoms with Gasteiger partial charge in [-0.15, -0.1) is 0 Å². The SMILES string of the molecule is CCC(C)N(C(=O)c1c(C)c(-c2ccccc2)nc2ccccc12)C(C)CC. The van der Waals surface area contributed by atoms with Gasteiger partial charge in [-0.3, -0.25) is 4.79 Å². The first-order chi connectivity index (χ1) is 13.5. The van der Waals surface area contributed by atoms with E-state index in [0.717, 1.165) is 46.1 Å². The van der Waals surface area contributed by atoms with Gasteiger partial charge in [-0.2, -0.15) is 0 Å². The standard InChI is InChI=1S/C25H30N2O/c1-6-17(3)27(18(4)7-2)25(28)23-19(5)24(20-13-9-8-10-14-20)26-22-16-12-11-15-21(22)23/h8-18H,6-7H2,1-5H3. The van der Waals surface area contributed by atoms with Crippen molar-refractivity contribution in [3.63, 3.8) is 0 Å². The van der Waals surface area contributed by atoms with Gasteiger partial charge in [0.05, 0.1) is 16.8 Å². The van der Waals surface area contributed by atoms with Gasteiger partial charge in [-0.05, 0) is 45.2 Å². The van der Waals surface area contributed by atoms with E-state index in [1.165, 1.54) is 0 Å². The number of rotatable bonds is 6. The summed E-state index contributed by atoms with van der Waals surface area (Å²) in [6.45, 7) is 10.6. The van der Waals surface area contributed by atoms with Crippen LogP contribution in [0.5, 0.6) is 0 Å². The van der Waals surface area contributed by atoms with Gasteiger partial charge < -0.3 is 4.90 Å². The molecule has 2 atom stereocenters. The molecule has 3 heteroatoms. The van der Waals surface area contributed by atoms with Gasteiger partial charge in [0.1, 0.15) is 0 Å². The molecule has 3 rings (SSSR count). The van der Waals surface area contributed by atoms with Crippen molar-refractivity contribution < 1.29 is 4.79 Å². The average Bonchev–Trinajstić information content (AvgIpc) is 2.73. The first kappa shape index (κ1) is 20.1. The lowest BCUT2D eigenvalue weighted by molar-refractivity contribution is 0.0599. The van der Waals surface area contributed by atoms with Gasteiger partial charge in [-0.1, -0.05) is 62.4 Å². The molecule has 0 saturated heterocycles. The van der Waals surface area contributed by atoms with Gasteiger partial charge in [-0.25, -0.2) is 4.98 Å². The summed E-state index contributed by atoms with van der Waals surface area (Å²) >= 11 is 0. The number of hydrogen-bond donors (Lipinski definition) is 0. The van der Waals surface area contributed by atoms with Crippen LogP contribution >= 0.6 is 0 Å². The maximum Gasteiger partial charge on any atom is 0.255 e. The third-order valence-electron chi connectivity index (χ3n) is 5.76. The molecule has 1 amide bonds. The number of pyridine rings is 1. The molecule has 146 valence electrons. The summed E-state index contributed by atoms with van der Waals surface area (Å²) in [5.41, 5.74) is 4.52. The molecule has 1 aromatic heterocycles. The second-order valence-corrected chi connectivity index (χ2v) is 7.57. The summed E-state index contributed by atoms with van der Waals surface area (Å²) in [7, 11) is 0. The van der Waals surface area contributed by atoms with E-state index in [0.29, 0.717) is 0 Å². The fraction of sp³-hybridized carbons (Fsp3) is 0.360. The van der Waals surface area contributed by atoms with Crippen molar-refractivity contribution >= 4 is 16.8 Å². The summed E-state index contributed by atoms with van der Waals surface area (Å²) in [5.74, 6) is 0.108. The molecular formula is C25H30N2O. The Morgan fingerprint density at radius 3 is 2.11 bits per heavy atom. The normalized spacial score (nSPS) is 13.3. The lowest BCUT2D eigenvalue weighted by atomic mass is 9.95. The topological polar surface area (TPSA) is 33.2 Å². The predicted octanol–water partition coefficient (Wildman–Crippen LogP) is 6.25. The van der Waals surface area contributed by atoms with Crippen molar-refractivity contribution in [1.29, 1.82) is 0 Å². The third kappa shape index (κ3) is 3.66. The number of nitrogens with zero attached hydrogens (tertiary/aromatic N) is 2. The van der Waals surface area contributed by atoms with Crippen LogP contribution < -0.4 is 0 Å². The van der Waals surface area contributed by atoms with Crippen LogP contribution in [0.2, 0.25) is 0 Å². The second-order valence-electron chi connectivity index (χ2n) is 7.57. The maximum absolute atomic E-state index is 13.9. The summed E-state index contributed by atoms with van der Waals surface area (Å²) in [5, 5.41) is 0.932. The lowest BCUT2D eigenvalue weighted by Crippen LogP contribution is -2.44. The molecule has 28 heavy (non-hydrogen) atoms. The highest BCUT2D eigenvalue weighted by Gasteiger charge is 2.28. The van der Waals surface area contributed by atoms with Gasteiger partial charge >= 0.3 is 0 Å². The Bertz CT molecular complexity index is 955. The Morgan fingerprint density at radius 2 is 1.50 bits per heavy atom. The zero-order valence-electron chi connectivity index (χ0n) is 17.6. The average molecular weight is 375 g/mol. The molecule has 2 unspecified atom stereocenters. The number of carbonyl (C=O) groups excluding carboxylic acids is 1. The van der Waals surface area contributed by atoms with Crippen LogP contribution in [0.1, 0.15) is 56.5 Å². The van der Waals surface area contributed by atoms with Gasteiger partial charge in [0, 0.05) is 23.0 Å². The minimum absolute atomic E-state index is 0.108. The van der Waals surface area contributed by atoms with E-state index in [9.17, 15) is 4.79 Å². The van der Waals surface area contributed by atoms with E-state index in [2.05, 4.69) is 44.7 Å². The zero-order valence-corrected chi connectivity index (χ0v) is 17.6. The summed E-state index contributed by atoms with van der Waals surface area (Å²) in [6.07, 6.45) is 1.87. The molecule has 0 aliphatic heterocycles. The quantitative estimate of drug-likeness (QED) is 0.511. The predicted molar refractivity (Wildman–Crippen MR) is 118 cm³/mol. The molecule has 3 aromatic rings. The van der Waals surface area contributed by atoms with E-state index >= 15 is 0 Å². The molecular weight excluding hydrogens is 344 g/mol. The largest absolute Gasteiger partial charge is 0.333 e. The number of aromatic nitrogens is 1. The van der Waals surface area contributed by atoms with Crippen LogP contribution in [-0.2, 0) is 0 Å². The highest BCUT2D eigenvalue weighted by molar-refractivity contribution is 6.09. The van der Waals surface area contributed by atoms with Crippen LogP contribution in [0.4, 0.5) is 0 Å². The molecule has 0 N–H and O–H groups in total. The van der Waals surface area contributed by atoms with E-state index in [-0.39, 0.29) is 18.0 Å². The zero-order chi connectivity index (χ0) is 20.3. The van der Waals surface area contributed by atoms with Crippen LogP contribution in [0, 0.1) is 6.92 Å². The van der Waals surface area contributed by atoms with Crippen LogP contribution in [-0.4, -0.2) is 27.9 Å². The summed E-state index contributed by atoms with van der Waals surface area (Å²) < 4.78 is 0. The van der Waals surface area contributed by atoms with Crippen molar-refractivity contribution in [2.75, 3.05) is 0 Å². The number of amides is 1. The number of fused-ring (bicyclic) bond motifs is 1. The second kappa shape index (κ2) is 8.55. The Hall–Kier alpha value is -2.68. The molecule has 1 heterocycles. The Labute approximate surface area is 168 Å². The Balaban J connectivity index is 2.26. The molecule has 0 spiro atoms. The molecule has 0 bridgehead atoms. The highest BCUT2D eigenvalue weighted by atomic mass is 16.2. The van der Waals surface area contributed by atoms with Crippen LogP contribution in [0.3, 0.4) is 0 Å². The number of benzene rings is 2. The monoisotopic (exact) mass is 374 g/mol. The summed E-state index contributed by atoms with van der Waals surface area (Å²) in [4.78, 5) is 20.8. The fourth-order valence-corrected chi connectivity index (χ4v) is 3.82. The van der Waals surface area contributed by atoms with E-state index in [4.69, 9.17) is 4.98 Å². The van der Waals surface area contributed by atoms with Crippen molar-refractivity contribution in [2.45, 2.75) is 59.5 Å². The molecule has 2 aromatic carbocycles. The molecule has 0 radical (unpaired) electrons. The smallest absolute Gasteiger partial charge is 0.255 e.